The average molecular weight is 532 g/mol. The van der Waals surface area contributed by atoms with Gasteiger partial charge in [0, 0.05) is 30.7 Å². The number of nitriles is 1. The van der Waals surface area contributed by atoms with Crippen molar-refractivity contribution in [3.05, 3.63) is 17.3 Å². The van der Waals surface area contributed by atoms with Crippen LogP contribution in [0.25, 0.3) is 10.6 Å². The van der Waals surface area contributed by atoms with Crippen LogP contribution in [0.4, 0.5) is 24.9 Å². The summed E-state index contributed by atoms with van der Waals surface area (Å²) in [6.07, 6.45) is 4.03. The van der Waals surface area contributed by atoms with E-state index in [1.807, 2.05) is 6.07 Å². The van der Waals surface area contributed by atoms with E-state index in [1.165, 1.54) is 17.5 Å². The molecule has 35 heavy (non-hydrogen) atoms. The van der Waals surface area contributed by atoms with E-state index in [4.69, 9.17) is 5.26 Å². The molecule has 3 heterocycles. The Balaban J connectivity index is 1.53. The first kappa shape index (κ1) is 25.5. The van der Waals surface area contributed by atoms with Gasteiger partial charge < -0.3 is 15.7 Å². The quantitative estimate of drug-likeness (QED) is 0.512. The van der Waals surface area contributed by atoms with Gasteiger partial charge in [0.2, 0.25) is 5.95 Å². The molecular weight excluding hydrogens is 507 g/mol. The Bertz CT molecular complexity index is 1220. The highest BCUT2D eigenvalue weighted by molar-refractivity contribution is 7.90. The minimum Gasteiger partial charge on any atom is -0.388 e. The Morgan fingerprint density at radius 2 is 1.97 bits per heavy atom. The zero-order valence-electron chi connectivity index (χ0n) is 18.7. The minimum absolute atomic E-state index is 0.151. The van der Waals surface area contributed by atoms with E-state index in [9.17, 15) is 26.7 Å². The molecule has 4 rings (SSSR count). The molecule has 1 aliphatic carbocycles. The van der Waals surface area contributed by atoms with Gasteiger partial charge in [-0.3, -0.25) is 0 Å². The van der Waals surface area contributed by atoms with E-state index in [-0.39, 0.29) is 49.7 Å². The molecule has 0 bridgehead atoms. The third-order valence-corrected chi connectivity index (χ3v) is 8.80. The van der Waals surface area contributed by atoms with Crippen LogP contribution in [0.2, 0.25) is 0 Å². The average Bonchev–Trinajstić information content (AvgIpc) is 3.40. The van der Waals surface area contributed by atoms with E-state index in [1.54, 1.807) is 12.3 Å². The number of anilines is 2. The molecule has 1 aliphatic heterocycles. The Labute approximate surface area is 204 Å². The van der Waals surface area contributed by atoms with Crippen molar-refractivity contribution >= 4 is 33.1 Å². The zero-order valence-corrected chi connectivity index (χ0v) is 20.3. The van der Waals surface area contributed by atoms with Crippen molar-refractivity contribution in [2.24, 2.45) is 0 Å². The Morgan fingerprint density at radius 3 is 2.54 bits per heavy atom. The summed E-state index contributed by atoms with van der Waals surface area (Å²) in [6, 6.07) is 1.39. The van der Waals surface area contributed by atoms with Gasteiger partial charge in [0.25, 0.3) is 0 Å². The van der Waals surface area contributed by atoms with Crippen LogP contribution in [-0.2, 0) is 10.0 Å². The van der Waals surface area contributed by atoms with Crippen molar-refractivity contribution in [2.75, 3.05) is 23.7 Å². The van der Waals surface area contributed by atoms with Gasteiger partial charge in [0.15, 0.2) is 5.69 Å². The number of rotatable bonds is 6. The molecule has 0 aromatic carbocycles. The molecule has 190 valence electrons. The summed E-state index contributed by atoms with van der Waals surface area (Å²) in [6.45, 7) is 1.20. The smallest absolute Gasteiger partial charge is 0.388 e. The maximum absolute atomic E-state index is 12.8. The number of sulfonamides is 1. The molecule has 0 spiro atoms. The molecule has 1 saturated heterocycles. The van der Waals surface area contributed by atoms with Crippen LogP contribution < -0.4 is 10.6 Å². The Kier molecular flexibility index (Phi) is 6.93. The SMILES string of the molecule is C[C@@]1(O)CCC[C@H]1Nc1nc(NC2CCN(S(=O)(=O)C(F)(F)F)CC2)ncc1-c1nc(C#N)cs1. The van der Waals surface area contributed by atoms with Crippen molar-refractivity contribution in [3.63, 3.8) is 0 Å². The maximum Gasteiger partial charge on any atom is 0.511 e. The largest absolute Gasteiger partial charge is 0.511 e. The first-order valence-corrected chi connectivity index (χ1v) is 13.3. The standard InChI is InChI=1S/C20H24F3N7O3S2/c1-19(31)6-2-3-15(19)28-16-14(17-26-13(9-24)11-34-17)10-25-18(29-16)27-12-4-7-30(8-5-12)35(32,33)20(21,22)23/h10-12,15,31H,2-8H2,1H3,(H2,25,27,28,29)/t15-,19-/m1/s1. The number of thiazole rings is 1. The maximum atomic E-state index is 12.8. The van der Waals surface area contributed by atoms with Crippen molar-refractivity contribution in [1.82, 2.24) is 19.3 Å². The summed E-state index contributed by atoms with van der Waals surface area (Å²) in [5.74, 6) is 0.619. The second-order valence-electron chi connectivity index (χ2n) is 8.82. The van der Waals surface area contributed by atoms with Gasteiger partial charge in [-0.2, -0.15) is 27.7 Å². The van der Waals surface area contributed by atoms with Crippen LogP contribution in [0, 0.1) is 11.3 Å². The predicted octanol–water partition coefficient (Wildman–Crippen LogP) is 2.91. The van der Waals surface area contributed by atoms with Crippen LogP contribution >= 0.6 is 11.3 Å². The number of aromatic nitrogens is 3. The van der Waals surface area contributed by atoms with E-state index >= 15 is 0 Å². The molecule has 15 heteroatoms. The second-order valence-corrected chi connectivity index (χ2v) is 11.6. The van der Waals surface area contributed by atoms with Gasteiger partial charge in [0.1, 0.15) is 16.9 Å². The molecule has 2 atom stereocenters. The monoisotopic (exact) mass is 531 g/mol. The second kappa shape index (κ2) is 9.49. The fourth-order valence-electron chi connectivity index (χ4n) is 4.28. The molecule has 2 aromatic rings. The highest BCUT2D eigenvalue weighted by Crippen LogP contribution is 2.36. The summed E-state index contributed by atoms with van der Waals surface area (Å²) in [7, 11) is -5.35. The number of hydrogen-bond donors (Lipinski definition) is 3. The fraction of sp³-hybridized carbons (Fsp3) is 0.600. The van der Waals surface area contributed by atoms with Gasteiger partial charge in [-0.1, -0.05) is 0 Å². The van der Waals surface area contributed by atoms with E-state index in [0.29, 0.717) is 27.1 Å². The fourth-order valence-corrected chi connectivity index (χ4v) is 6.02. The first-order valence-electron chi connectivity index (χ1n) is 11.0. The molecule has 0 amide bonds. The number of nitrogens with zero attached hydrogens (tertiary/aromatic N) is 5. The lowest BCUT2D eigenvalue weighted by Gasteiger charge is -2.32. The predicted molar refractivity (Wildman–Crippen MR) is 123 cm³/mol. The summed E-state index contributed by atoms with van der Waals surface area (Å²) < 4.78 is 62.2. The molecule has 0 radical (unpaired) electrons. The molecule has 2 aromatic heterocycles. The Morgan fingerprint density at radius 1 is 1.26 bits per heavy atom. The van der Waals surface area contributed by atoms with E-state index in [2.05, 4.69) is 25.6 Å². The highest BCUT2D eigenvalue weighted by atomic mass is 32.2. The van der Waals surface area contributed by atoms with Crippen molar-refractivity contribution in [1.29, 1.82) is 5.26 Å². The van der Waals surface area contributed by atoms with Crippen LogP contribution in [0.15, 0.2) is 11.6 Å². The van der Waals surface area contributed by atoms with E-state index in [0.717, 1.165) is 12.8 Å². The minimum atomic E-state index is -5.35. The number of piperidine rings is 1. The van der Waals surface area contributed by atoms with Crippen LogP contribution in [0.5, 0.6) is 0 Å². The molecule has 0 unspecified atom stereocenters. The normalized spacial score (nSPS) is 24.3. The van der Waals surface area contributed by atoms with E-state index < -0.39 is 21.1 Å². The topological polar surface area (TPSA) is 144 Å². The number of nitrogens with one attached hydrogen (secondary N) is 2. The summed E-state index contributed by atoms with van der Waals surface area (Å²) in [5, 5.41) is 28.3. The van der Waals surface area contributed by atoms with Gasteiger partial charge in [0.05, 0.1) is 17.2 Å². The van der Waals surface area contributed by atoms with Gasteiger partial charge in [-0.05, 0) is 39.0 Å². The molecular formula is C20H24F3N7O3S2. The highest BCUT2D eigenvalue weighted by Gasteiger charge is 2.50. The Hall–Kier alpha value is -2.54. The third-order valence-electron chi connectivity index (χ3n) is 6.29. The van der Waals surface area contributed by atoms with Crippen LogP contribution in [-0.4, -0.2) is 69.1 Å². The lowest BCUT2D eigenvalue weighted by Crippen LogP contribution is -2.47. The summed E-state index contributed by atoms with van der Waals surface area (Å²) in [5.41, 5.74) is -5.45. The first-order chi connectivity index (χ1) is 16.4. The molecule has 1 saturated carbocycles. The zero-order chi connectivity index (χ0) is 25.4. The lowest BCUT2D eigenvalue weighted by molar-refractivity contribution is -0.0494. The summed E-state index contributed by atoms with van der Waals surface area (Å²) in [4.78, 5) is 13.1. The van der Waals surface area contributed by atoms with Gasteiger partial charge in [-0.25, -0.2) is 18.4 Å². The third kappa shape index (κ3) is 5.35. The van der Waals surface area contributed by atoms with Crippen molar-refractivity contribution < 1.29 is 26.7 Å². The van der Waals surface area contributed by atoms with Crippen molar-refractivity contribution in [2.45, 2.75) is 62.2 Å². The van der Waals surface area contributed by atoms with Crippen molar-refractivity contribution in [3.8, 4) is 16.6 Å². The molecule has 2 fully saturated rings. The number of hydrogen-bond acceptors (Lipinski definition) is 10. The van der Waals surface area contributed by atoms with Gasteiger partial charge >= 0.3 is 15.5 Å². The number of alkyl halides is 3. The van der Waals surface area contributed by atoms with Crippen LogP contribution in [0.3, 0.4) is 0 Å². The van der Waals surface area contributed by atoms with Gasteiger partial charge in [-0.15, -0.1) is 11.3 Å². The molecule has 10 nitrogen and oxygen atoms in total. The number of aliphatic hydroxyl groups is 1. The number of halogens is 3. The lowest BCUT2D eigenvalue weighted by atomic mass is 10.0. The molecule has 2 aliphatic rings. The summed E-state index contributed by atoms with van der Waals surface area (Å²) >= 11 is 1.25. The van der Waals surface area contributed by atoms with Crippen LogP contribution in [0.1, 0.15) is 44.7 Å². The molecule has 3 N–H and O–H groups in total.